The van der Waals surface area contributed by atoms with Crippen LogP contribution in [0.15, 0.2) is 23.7 Å². The SMILES string of the molecule is [C-]#[N+]C(C#N)=C1N(CCCN2CC=CCC2)CCN1CCCN1CC(C)CC(C)C1. The van der Waals surface area contributed by atoms with Crippen molar-refractivity contribution in [3.05, 3.63) is 35.1 Å². The molecule has 0 bridgehead atoms. The highest BCUT2D eigenvalue weighted by Gasteiger charge is 2.28. The van der Waals surface area contributed by atoms with E-state index in [1.165, 1.54) is 19.5 Å². The van der Waals surface area contributed by atoms with E-state index in [0.717, 1.165) is 89.3 Å². The Morgan fingerprint density at radius 3 is 2.17 bits per heavy atom. The predicted octanol–water partition coefficient (Wildman–Crippen LogP) is 3.24. The first-order valence-corrected chi connectivity index (χ1v) is 11.7. The topological polar surface area (TPSA) is 41.1 Å². The number of nitriles is 1. The van der Waals surface area contributed by atoms with Gasteiger partial charge in [-0.25, -0.2) is 10.1 Å². The Kier molecular flexibility index (Phi) is 8.61. The van der Waals surface area contributed by atoms with Crippen molar-refractivity contribution in [2.45, 2.75) is 39.5 Å². The Morgan fingerprint density at radius 1 is 1.00 bits per heavy atom. The van der Waals surface area contributed by atoms with E-state index in [9.17, 15) is 5.26 Å². The van der Waals surface area contributed by atoms with E-state index >= 15 is 0 Å². The highest BCUT2D eigenvalue weighted by atomic mass is 15.4. The molecule has 2 fully saturated rings. The van der Waals surface area contributed by atoms with Gasteiger partial charge in [0.05, 0.1) is 12.6 Å². The Balaban J connectivity index is 1.51. The molecule has 0 N–H and O–H groups in total. The quantitative estimate of drug-likeness (QED) is 0.349. The summed E-state index contributed by atoms with van der Waals surface area (Å²) in [4.78, 5) is 13.2. The number of piperidine rings is 1. The molecule has 0 aliphatic carbocycles. The lowest BCUT2D eigenvalue weighted by atomic mass is 9.92. The maximum atomic E-state index is 9.54. The van der Waals surface area contributed by atoms with Crippen molar-refractivity contribution in [2.75, 3.05) is 65.4 Å². The van der Waals surface area contributed by atoms with Gasteiger partial charge in [-0.15, -0.1) is 0 Å². The van der Waals surface area contributed by atoms with Crippen LogP contribution < -0.4 is 0 Å². The van der Waals surface area contributed by atoms with Crippen LogP contribution >= 0.6 is 0 Å². The Morgan fingerprint density at radius 2 is 1.63 bits per heavy atom. The molecule has 3 aliphatic rings. The van der Waals surface area contributed by atoms with Crippen LogP contribution in [0, 0.1) is 29.7 Å². The maximum absolute atomic E-state index is 9.54. The largest absolute Gasteiger partial charge is 0.365 e. The van der Waals surface area contributed by atoms with Gasteiger partial charge >= 0.3 is 5.70 Å². The third kappa shape index (κ3) is 6.24. The third-order valence-corrected chi connectivity index (χ3v) is 6.56. The normalized spacial score (nSPS) is 27.2. The highest BCUT2D eigenvalue weighted by molar-refractivity contribution is 5.33. The number of nitrogens with zero attached hydrogens (tertiary/aromatic N) is 6. The molecular weight excluding hydrogens is 372 g/mol. The third-order valence-electron chi connectivity index (χ3n) is 6.56. The zero-order valence-corrected chi connectivity index (χ0v) is 18.9. The van der Waals surface area contributed by atoms with Crippen molar-refractivity contribution in [2.24, 2.45) is 11.8 Å². The van der Waals surface area contributed by atoms with Gasteiger partial charge in [0, 0.05) is 58.9 Å². The van der Waals surface area contributed by atoms with E-state index in [2.05, 4.69) is 56.5 Å². The van der Waals surface area contributed by atoms with Gasteiger partial charge in [0.2, 0.25) is 0 Å². The maximum Gasteiger partial charge on any atom is 0.300 e. The summed E-state index contributed by atoms with van der Waals surface area (Å²) in [7, 11) is 0. The van der Waals surface area contributed by atoms with Crippen LogP contribution in [-0.4, -0.2) is 85.0 Å². The molecule has 164 valence electrons. The van der Waals surface area contributed by atoms with Gasteiger partial charge in [-0.1, -0.05) is 26.0 Å². The molecule has 0 radical (unpaired) electrons. The van der Waals surface area contributed by atoms with Gasteiger partial charge in [0.1, 0.15) is 5.82 Å². The van der Waals surface area contributed by atoms with Crippen molar-refractivity contribution in [1.82, 2.24) is 19.6 Å². The summed E-state index contributed by atoms with van der Waals surface area (Å²) >= 11 is 0. The van der Waals surface area contributed by atoms with Gasteiger partial charge in [-0.3, -0.25) is 4.90 Å². The summed E-state index contributed by atoms with van der Waals surface area (Å²) in [6.45, 7) is 22.7. The smallest absolute Gasteiger partial charge is 0.300 e. The van der Waals surface area contributed by atoms with E-state index in [1.807, 2.05) is 0 Å². The zero-order chi connectivity index (χ0) is 21.3. The van der Waals surface area contributed by atoms with Gasteiger partial charge in [0.25, 0.3) is 0 Å². The number of likely N-dealkylation sites (tertiary alicyclic amines) is 1. The summed E-state index contributed by atoms with van der Waals surface area (Å²) in [5, 5.41) is 9.54. The zero-order valence-electron chi connectivity index (χ0n) is 18.9. The van der Waals surface area contributed by atoms with Crippen LogP contribution in [0.4, 0.5) is 0 Å². The standard InChI is InChI=1S/C24H38N6/c1-21-17-22(2)20-28(19-21)12-8-14-30-16-15-29(24(30)23(18-25)26-3)13-7-11-27-9-5-4-6-10-27/h4-5,21-22H,6-17,19-20H2,1-2H3. The minimum atomic E-state index is 0.258. The fourth-order valence-corrected chi connectivity index (χ4v) is 5.35. The molecular formula is C24H38N6. The lowest BCUT2D eigenvalue weighted by Crippen LogP contribution is -2.40. The molecule has 0 aromatic heterocycles. The van der Waals surface area contributed by atoms with Crippen LogP contribution in [0.3, 0.4) is 0 Å². The van der Waals surface area contributed by atoms with E-state index in [1.54, 1.807) is 0 Å². The highest BCUT2D eigenvalue weighted by Crippen LogP contribution is 2.25. The molecule has 3 heterocycles. The minimum absolute atomic E-state index is 0.258. The molecule has 2 atom stereocenters. The monoisotopic (exact) mass is 410 g/mol. The molecule has 0 spiro atoms. The fraction of sp³-hybridized carbons (Fsp3) is 0.750. The lowest BCUT2D eigenvalue weighted by molar-refractivity contribution is 0.136. The Bertz CT molecular complexity index is 673. The van der Waals surface area contributed by atoms with Crippen LogP contribution in [0.2, 0.25) is 0 Å². The predicted molar refractivity (Wildman–Crippen MR) is 121 cm³/mol. The molecule has 2 saturated heterocycles. The summed E-state index contributed by atoms with van der Waals surface area (Å²) in [5.74, 6) is 2.45. The van der Waals surface area contributed by atoms with E-state index in [0.29, 0.717) is 0 Å². The van der Waals surface area contributed by atoms with Crippen molar-refractivity contribution < 1.29 is 0 Å². The van der Waals surface area contributed by atoms with Gasteiger partial charge in [-0.2, -0.15) is 0 Å². The molecule has 0 aromatic carbocycles. The first-order chi connectivity index (χ1) is 14.6. The second-order valence-electron chi connectivity index (χ2n) is 9.34. The molecule has 30 heavy (non-hydrogen) atoms. The van der Waals surface area contributed by atoms with Crippen molar-refractivity contribution in [3.8, 4) is 6.07 Å². The van der Waals surface area contributed by atoms with Crippen LogP contribution in [-0.2, 0) is 0 Å². The molecule has 3 rings (SSSR count). The lowest BCUT2D eigenvalue weighted by Gasteiger charge is -2.35. The van der Waals surface area contributed by atoms with E-state index in [-0.39, 0.29) is 5.70 Å². The van der Waals surface area contributed by atoms with E-state index < -0.39 is 0 Å². The van der Waals surface area contributed by atoms with Crippen molar-refractivity contribution in [3.63, 3.8) is 0 Å². The van der Waals surface area contributed by atoms with Gasteiger partial charge < -0.3 is 14.7 Å². The first kappa shape index (κ1) is 22.7. The van der Waals surface area contributed by atoms with Gasteiger partial charge in [0.15, 0.2) is 0 Å². The molecule has 0 saturated carbocycles. The summed E-state index contributed by atoms with van der Waals surface area (Å²) in [5.41, 5.74) is 0.258. The van der Waals surface area contributed by atoms with Crippen LogP contribution in [0.1, 0.15) is 39.5 Å². The summed E-state index contributed by atoms with van der Waals surface area (Å²) in [6, 6.07) is 2.16. The number of allylic oxidation sites excluding steroid dienone is 1. The average Bonchev–Trinajstić information content (AvgIpc) is 3.12. The van der Waals surface area contributed by atoms with E-state index in [4.69, 9.17) is 6.57 Å². The van der Waals surface area contributed by atoms with Crippen LogP contribution in [0.25, 0.3) is 4.85 Å². The molecule has 0 aromatic rings. The average molecular weight is 411 g/mol. The number of hydrogen-bond acceptors (Lipinski definition) is 5. The first-order valence-electron chi connectivity index (χ1n) is 11.7. The Hall–Kier alpha value is -2.02. The summed E-state index contributed by atoms with van der Waals surface area (Å²) in [6.07, 6.45) is 9.17. The minimum Gasteiger partial charge on any atom is -0.365 e. The second-order valence-corrected chi connectivity index (χ2v) is 9.34. The molecule has 2 unspecified atom stereocenters. The number of rotatable bonds is 8. The fourth-order valence-electron chi connectivity index (χ4n) is 5.35. The molecule has 3 aliphatic heterocycles. The van der Waals surface area contributed by atoms with Crippen LogP contribution in [0.5, 0.6) is 0 Å². The van der Waals surface area contributed by atoms with Crippen molar-refractivity contribution in [1.29, 1.82) is 5.26 Å². The van der Waals surface area contributed by atoms with Gasteiger partial charge in [-0.05, 0) is 44.1 Å². The Labute approximate surface area is 183 Å². The number of hydrogen-bond donors (Lipinski definition) is 0. The molecule has 0 amide bonds. The second kappa shape index (κ2) is 11.4. The molecule has 6 heteroatoms. The van der Waals surface area contributed by atoms with Crippen molar-refractivity contribution >= 4 is 0 Å². The summed E-state index contributed by atoms with van der Waals surface area (Å²) < 4.78 is 0. The molecule has 6 nitrogen and oxygen atoms in total.